The van der Waals surface area contributed by atoms with E-state index >= 15 is 0 Å². The lowest BCUT2D eigenvalue weighted by molar-refractivity contribution is 0.584. The van der Waals surface area contributed by atoms with E-state index in [1.54, 1.807) is 0 Å². The summed E-state index contributed by atoms with van der Waals surface area (Å²) in [4.78, 5) is 0. The lowest BCUT2D eigenvalue weighted by atomic mass is 9.98. The molecule has 0 aliphatic heterocycles. The van der Waals surface area contributed by atoms with Crippen LogP contribution in [0.5, 0.6) is 0 Å². The minimum atomic E-state index is 0.0741. The molecule has 0 spiro atoms. The molecule has 7 heavy (non-hydrogen) atoms. The second-order valence-electron chi connectivity index (χ2n) is 2.23. The Morgan fingerprint density at radius 3 is 2.14 bits per heavy atom. The summed E-state index contributed by atoms with van der Waals surface area (Å²) < 4.78 is 0. The molecule has 0 rings (SSSR count). The number of terminal acetylenes is 1. The molecule has 0 radical (unpaired) electrons. The molecule has 0 aliphatic carbocycles. The maximum atomic E-state index is 5.15. The van der Waals surface area contributed by atoms with Gasteiger partial charge in [0.1, 0.15) is 0 Å². The van der Waals surface area contributed by atoms with Gasteiger partial charge in [-0.1, -0.05) is 0 Å². The van der Waals surface area contributed by atoms with Gasteiger partial charge in [0, 0.05) is 5.41 Å². The minimum Gasteiger partial charge on any atom is -0.136 e. The van der Waals surface area contributed by atoms with Gasteiger partial charge in [0.25, 0.3) is 0 Å². The van der Waals surface area contributed by atoms with Crippen LogP contribution in [0.1, 0.15) is 13.8 Å². The molecule has 0 amide bonds. The second-order valence-corrected chi connectivity index (χ2v) is 2.64. The van der Waals surface area contributed by atoms with Gasteiger partial charge in [-0.25, -0.2) is 0 Å². The van der Waals surface area contributed by atoms with Crippen molar-refractivity contribution in [1.29, 1.82) is 0 Å². The summed E-state index contributed by atoms with van der Waals surface area (Å²) in [6.07, 6.45) is 6.13. The summed E-state index contributed by atoms with van der Waals surface area (Å²) in [5, 5.41) is 0. The first-order valence-electron chi connectivity index (χ1n) is 2.30. The Hall–Kier alpha value is -0.0100. The predicted octanol–water partition coefficient (Wildman–Crippen LogP) is 1.52. The van der Waals surface area contributed by atoms with E-state index in [-0.39, 0.29) is 5.41 Å². The number of rotatable bonds is 1. The topological polar surface area (TPSA) is 0 Å². The van der Waals surface area contributed by atoms with Crippen molar-refractivity contribution < 1.29 is 0 Å². The predicted molar refractivity (Wildman–Crippen MR) is 37.2 cm³/mol. The van der Waals surface area contributed by atoms with Crippen molar-refractivity contribution in [2.24, 2.45) is 5.41 Å². The zero-order chi connectivity index (χ0) is 5.91. The van der Waals surface area contributed by atoms with Crippen molar-refractivity contribution in [3.8, 4) is 12.3 Å². The van der Waals surface area contributed by atoms with Crippen molar-refractivity contribution in [3.05, 3.63) is 0 Å². The third kappa shape index (κ3) is 2.66. The van der Waals surface area contributed by atoms with E-state index in [1.165, 1.54) is 0 Å². The fourth-order valence-corrected chi connectivity index (χ4v) is 0.177. The monoisotopic (exact) mass is 114 g/mol. The van der Waals surface area contributed by atoms with Crippen LogP contribution >= 0.6 is 9.24 Å². The van der Waals surface area contributed by atoms with Crippen LogP contribution in [-0.4, -0.2) is 6.16 Å². The van der Waals surface area contributed by atoms with Gasteiger partial charge < -0.3 is 0 Å². The highest BCUT2D eigenvalue weighted by Gasteiger charge is 2.08. The molecule has 1 heteroatoms. The van der Waals surface area contributed by atoms with Gasteiger partial charge >= 0.3 is 0 Å². The van der Waals surface area contributed by atoms with Gasteiger partial charge in [-0.15, -0.1) is 21.6 Å². The fraction of sp³-hybridized carbons (Fsp3) is 0.667. The molecule has 0 bridgehead atoms. The Morgan fingerprint density at radius 2 is 2.14 bits per heavy atom. The molecule has 1 unspecified atom stereocenters. The average Bonchev–Trinajstić information content (AvgIpc) is 1.68. The van der Waals surface area contributed by atoms with E-state index in [1.807, 2.05) is 13.8 Å². The van der Waals surface area contributed by atoms with Gasteiger partial charge in [0.05, 0.1) is 0 Å². The molecule has 1 atom stereocenters. The lowest BCUT2D eigenvalue weighted by Crippen LogP contribution is -2.07. The summed E-state index contributed by atoms with van der Waals surface area (Å²) in [6.45, 7) is 4.08. The van der Waals surface area contributed by atoms with Gasteiger partial charge in [-0.3, -0.25) is 0 Å². The maximum Gasteiger partial charge on any atom is 0.0290 e. The van der Waals surface area contributed by atoms with Crippen LogP contribution in [0, 0.1) is 17.8 Å². The minimum absolute atomic E-state index is 0.0741. The number of hydrogen-bond donors (Lipinski definition) is 0. The molecule has 0 nitrogen and oxygen atoms in total. The van der Waals surface area contributed by atoms with Gasteiger partial charge in [-0.05, 0) is 20.0 Å². The molecule has 0 heterocycles. The summed E-state index contributed by atoms with van der Waals surface area (Å²) in [5.41, 5.74) is 0.0741. The summed E-state index contributed by atoms with van der Waals surface area (Å²) >= 11 is 0. The van der Waals surface area contributed by atoms with Crippen molar-refractivity contribution in [2.75, 3.05) is 6.16 Å². The highest BCUT2D eigenvalue weighted by molar-refractivity contribution is 7.16. The van der Waals surface area contributed by atoms with E-state index in [0.717, 1.165) is 6.16 Å². The third-order valence-corrected chi connectivity index (χ3v) is 1.92. The molecule has 0 aromatic rings. The Bertz CT molecular complexity index is 86.8. The van der Waals surface area contributed by atoms with Gasteiger partial charge in [0.2, 0.25) is 0 Å². The van der Waals surface area contributed by atoms with E-state index in [0.29, 0.717) is 0 Å². The second kappa shape index (κ2) is 2.34. The third-order valence-electron chi connectivity index (χ3n) is 0.901. The first kappa shape index (κ1) is 6.99. The van der Waals surface area contributed by atoms with Crippen LogP contribution in [0.15, 0.2) is 0 Å². The molecule has 0 aliphatic rings. The quantitative estimate of drug-likeness (QED) is 0.358. The van der Waals surface area contributed by atoms with E-state index in [2.05, 4.69) is 15.2 Å². The molecule has 0 fully saturated rings. The van der Waals surface area contributed by atoms with Crippen molar-refractivity contribution >= 4 is 9.24 Å². The largest absolute Gasteiger partial charge is 0.136 e. The first-order chi connectivity index (χ1) is 3.12. The highest BCUT2D eigenvalue weighted by Crippen LogP contribution is 2.15. The molecule has 40 valence electrons. The molecule has 0 aromatic carbocycles. The normalized spacial score (nSPS) is 10.6. The van der Waals surface area contributed by atoms with E-state index in [9.17, 15) is 0 Å². The van der Waals surface area contributed by atoms with Crippen LogP contribution in [0.3, 0.4) is 0 Å². The molecular formula is C6H11P. The Morgan fingerprint density at radius 1 is 1.71 bits per heavy atom. The Kier molecular flexibility index (Phi) is 2.33. The van der Waals surface area contributed by atoms with Crippen LogP contribution in [-0.2, 0) is 0 Å². The highest BCUT2D eigenvalue weighted by atomic mass is 31.0. The fourth-order valence-electron chi connectivity index (χ4n) is 0.0589. The van der Waals surface area contributed by atoms with Crippen LogP contribution < -0.4 is 0 Å². The summed E-state index contributed by atoms with van der Waals surface area (Å²) in [7, 11) is 2.63. The Balaban J connectivity index is 3.66. The molecule has 0 saturated heterocycles. The van der Waals surface area contributed by atoms with Crippen LogP contribution in [0.25, 0.3) is 0 Å². The zero-order valence-electron chi connectivity index (χ0n) is 4.86. The smallest absolute Gasteiger partial charge is 0.0290 e. The molecule has 0 saturated carbocycles. The van der Waals surface area contributed by atoms with E-state index in [4.69, 9.17) is 6.42 Å². The van der Waals surface area contributed by atoms with Gasteiger partial charge in [-0.2, -0.15) is 0 Å². The number of hydrogen-bond acceptors (Lipinski definition) is 0. The van der Waals surface area contributed by atoms with E-state index < -0.39 is 0 Å². The average molecular weight is 114 g/mol. The van der Waals surface area contributed by atoms with Crippen LogP contribution in [0.2, 0.25) is 0 Å². The summed E-state index contributed by atoms with van der Waals surface area (Å²) in [5.74, 6) is 2.67. The SMILES string of the molecule is C#CC(C)(C)CP. The molecule has 0 N–H and O–H groups in total. The molecular weight excluding hydrogens is 103 g/mol. The van der Waals surface area contributed by atoms with Crippen molar-refractivity contribution in [3.63, 3.8) is 0 Å². The van der Waals surface area contributed by atoms with Crippen molar-refractivity contribution in [2.45, 2.75) is 13.8 Å². The van der Waals surface area contributed by atoms with Crippen LogP contribution in [0.4, 0.5) is 0 Å². The van der Waals surface area contributed by atoms with Gasteiger partial charge in [0.15, 0.2) is 0 Å². The molecule has 0 aromatic heterocycles. The Labute approximate surface area is 47.9 Å². The zero-order valence-corrected chi connectivity index (χ0v) is 6.02. The lowest BCUT2D eigenvalue weighted by Gasteiger charge is -2.11. The first-order valence-corrected chi connectivity index (χ1v) is 3.12. The van der Waals surface area contributed by atoms with Crippen molar-refractivity contribution in [1.82, 2.24) is 0 Å². The maximum absolute atomic E-state index is 5.15. The standard InChI is InChI=1S/C6H11P/c1-4-6(2,3)5-7/h1H,5,7H2,2-3H3. The summed E-state index contributed by atoms with van der Waals surface area (Å²) in [6, 6.07) is 0.